The maximum absolute atomic E-state index is 13.2. The Balaban J connectivity index is 1.74. The van der Waals surface area contributed by atoms with Gasteiger partial charge in [-0.25, -0.2) is 9.67 Å². The largest absolute Gasteiger partial charge is 0.490 e. The Kier molecular flexibility index (Phi) is 6.35. The number of nitrogens with one attached hydrogen (secondary N) is 1. The van der Waals surface area contributed by atoms with Crippen LogP contribution in [0.1, 0.15) is 36.7 Å². The van der Waals surface area contributed by atoms with Crippen LogP contribution in [0.2, 0.25) is 0 Å². The quantitative estimate of drug-likeness (QED) is 0.413. The summed E-state index contributed by atoms with van der Waals surface area (Å²) in [5.74, 6) is 1.53. The summed E-state index contributed by atoms with van der Waals surface area (Å²) in [5.41, 5.74) is 3.10. The van der Waals surface area contributed by atoms with E-state index in [2.05, 4.69) is 10.4 Å². The van der Waals surface area contributed by atoms with Crippen molar-refractivity contribution < 1.29 is 19.0 Å². The minimum absolute atomic E-state index is 0.330. The van der Waals surface area contributed by atoms with Gasteiger partial charge in [0, 0.05) is 18.0 Å². The van der Waals surface area contributed by atoms with Crippen molar-refractivity contribution in [1.82, 2.24) is 14.8 Å². The fourth-order valence-electron chi connectivity index (χ4n) is 3.73. The van der Waals surface area contributed by atoms with Gasteiger partial charge in [-0.05, 0) is 57.5 Å². The zero-order valence-electron chi connectivity index (χ0n) is 19.6. The molecule has 0 spiro atoms. The predicted molar refractivity (Wildman–Crippen MR) is 129 cm³/mol. The standard InChI is InChI=1S/C25H28N4O4/c1-6-31-20-13-17(14-21(32-7-2)22(20)33-8-3)25(30)27-23-18-12-16-10-9-15(4)11-19(16)26-24(18)29(5)28-23/h9-14H,6-8H2,1-5H3,(H,27,28,30). The van der Waals surface area contributed by atoms with Gasteiger partial charge in [0.1, 0.15) is 0 Å². The number of hydrogen-bond acceptors (Lipinski definition) is 6. The van der Waals surface area contributed by atoms with E-state index < -0.39 is 0 Å². The topological polar surface area (TPSA) is 87.5 Å². The molecule has 1 N–H and O–H groups in total. The zero-order valence-corrected chi connectivity index (χ0v) is 19.6. The molecule has 0 fully saturated rings. The van der Waals surface area contributed by atoms with Crippen LogP contribution >= 0.6 is 0 Å². The number of benzene rings is 2. The molecule has 4 rings (SSSR count). The summed E-state index contributed by atoms with van der Waals surface area (Å²) in [6.07, 6.45) is 0. The molecule has 4 aromatic rings. The molecule has 2 heterocycles. The normalized spacial score (nSPS) is 11.1. The molecule has 0 unspecified atom stereocenters. The summed E-state index contributed by atoms with van der Waals surface area (Å²) in [6, 6.07) is 11.4. The van der Waals surface area contributed by atoms with Gasteiger partial charge in [0.25, 0.3) is 5.91 Å². The van der Waals surface area contributed by atoms with Gasteiger partial charge >= 0.3 is 0 Å². The molecule has 0 aliphatic rings. The molecular weight excluding hydrogens is 420 g/mol. The Morgan fingerprint density at radius 2 is 1.64 bits per heavy atom. The van der Waals surface area contributed by atoms with E-state index in [-0.39, 0.29) is 5.91 Å². The number of hydrogen-bond donors (Lipinski definition) is 1. The van der Waals surface area contributed by atoms with Crippen LogP contribution in [0, 0.1) is 6.92 Å². The molecule has 0 aliphatic carbocycles. The lowest BCUT2D eigenvalue weighted by molar-refractivity contribution is 0.102. The van der Waals surface area contributed by atoms with Gasteiger partial charge in [-0.1, -0.05) is 12.1 Å². The number of carbonyl (C=O) groups is 1. The van der Waals surface area contributed by atoms with Crippen molar-refractivity contribution in [2.24, 2.45) is 7.05 Å². The van der Waals surface area contributed by atoms with E-state index in [9.17, 15) is 4.79 Å². The first-order valence-corrected chi connectivity index (χ1v) is 11.1. The first kappa shape index (κ1) is 22.4. The van der Waals surface area contributed by atoms with Gasteiger partial charge < -0.3 is 19.5 Å². The number of rotatable bonds is 8. The highest BCUT2D eigenvalue weighted by atomic mass is 16.5. The number of nitrogens with zero attached hydrogens (tertiary/aromatic N) is 3. The molecule has 0 atom stereocenters. The molecule has 1 amide bonds. The lowest BCUT2D eigenvalue weighted by atomic mass is 10.1. The Morgan fingerprint density at radius 3 is 2.27 bits per heavy atom. The van der Waals surface area contributed by atoms with Crippen molar-refractivity contribution in [2.45, 2.75) is 27.7 Å². The van der Waals surface area contributed by atoms with Crippen LogP contribution in [0.5, 0.6) is 17.2 Å². The molecule has 2 aromatic carbocycles. The second kappa shape index (κ2) is 9.36. The summed E-state index contributed by atoms with van der Waals surface area (Å²) in [5, 5.41) is 9.17. The Labute approximate surface area is 192 Å². The fraction of sp³-hybridized carbons (Fsp3) is 0.320. The van der Waals surface area contributed by atoms with Gasteiger partial charge in [-0.3, -0.25) is 4.79 Å². The van der Waals surface area contributed by atoms with E-state index in [1.54, 1.807) is 16.8 Å². The van der Waals surface area contributed by atoms with E-state index in [0.717, 1.165) is 21.9 Å². The lowest BCUT2D eigenvalue weighted by Crippen LogP contribution is -2.14. The Hall–Kier alpha value is -3.81. The Bertz CT molecular complexity index is 1300. The SMILES string of the molecule is CCOc1cc(C(=O)Nc2nn(C)c3nc4cc(C)ccc4cc23)cc(OCC)c1OCC. The lowest BCUT2D eigenvalue weighted by Gasteiger charge is -2.17. The maximum Gasteiger partial charge on any atom is 0.257 e. The van der Waals surface area contributed by atoms with Gasteiger partial charge in [0.15, 0.2) is 23.0 Å². The second-order valence-corrected chi connectivity index (χ2v) is 7.58. The maximum atomic E-state index is 13.2. The van der Waals surface area contributed by atoms with Crippen LogP contribution in [-0.2, 0) is 7.05 Å². The number of ether oxygens (including phenoxy) is 3. The monoisotopic (exact) mass is 448 g/mol. The molecule has 0 saturated carbocycles. The van der Waals surface area contributed by atoms with Gasteiger partial charge in [-0.15, -0.1) is 0 Å². The van der Waals surface area contributed by atoms with Crippen LogP contribution in [0.15, 0.2) is 36.4 Å². The van der Waals surface area contributed by atoms with Crippen LogP contribution in [0.3, 0.4) is 0 Å². The number of anilines is 1. The fourth-order valence-corrected chi connectivity index (χ4v) is 3.73. The van der Waals surface area contributed by atoms with Crippen molar-refractivity contribution >= 4 is 33.7 Å². The third-order valence-corrected chi connectivity index (χ3v) is 5.17. The molecule has 33 heavy (non-hydrogen) atoms. The molecule has 8 heteroatoms. The molecule has 0 bridgehead atoms. The van der Waals surface area contributed by atoms with Crippen molar-refractivity contribution in [3.8, 4) is 17.2 Å². The number of pyridine rings is 1. The highest BCUT2D eigenvalue weighted by Crippen LogP contribution is 2.39. The molecular formula is C25H28N4O4. The van der Waals surface area contributed by atoms with E-state index >= 15 is 0 Å². The molecule has 0 aliphatic heterocycles. The minimum atomic E-state index is -0.330. The van der Waals surface area contributed by atoms with Crippen molar-refractivity contribution in [2.75, 3.05) is 25.1 Å². The van der Waals surface area contributed by atoms with E-state index in [1.807, 2.05) is 59.0 Å². The van der Waals surface area contributed by atoms with Gasteiger partial charge in [0.05, 0.1) is 30.7 Å². The zero-order chi connectivity index (χ0) is 23.5. The average molecular weight is 449 g/mol. The van der Waals surface area contributed by atoms with Crippen molar-refractivity contribution in [3.05, 3.63) is 47.5 Å². The van der Waals surface area contributed by atoms with Crippen LogP contribution in [-0.4, -0.2) is 40.5 Å². The number of aryl methyl sites for hydroxylation is 2. The Morgan fingerprint density at radius 1 is 0.970 bits per heavy atom. The second-order valence-electron chi connectivity index (χ2n) is 7.58. The van der Waals surface area contributed by atoms with E-state index in [0.29, 0.717) is 54.1 Å². The first-order valence-electron chi connectivity index (χ1n) is 11.1. The van der Waals surface area contributed by atoms with Crippen LogP contribution in [0.25, 0.3) is 21.9 Å². The minimum Gasteiger partial charge on any atom is -0.490 e. The van der Waals surface area contributed by atoms with Gasteiger partial charge in [-0.2, -0.15) is 5.10 Å². The third kappa shape index (κ3) is 4.41. The summed E-state index contributed by atoms with van der Waals surface area (Å²) in [4.78, 5) is 18.0. The predicted octanol–water partition coefficient (Wildman–Crippen LogP) is 4.88. The molecule has 8 nitrogen and oxygen atoms in total. The third-order valence-electron chi connectivity index (χ3n) is 5.17. The average Bonchev–Trinajstić information content (AvgIpc) is 3.08. The number of fused-ring (bicyclic) bond motifs is 2. The number of amides is 1. The van der Waals surface area contributed by atoms with Crippen molar-refractivity contribution in [1.29, 1.82) is 0 Å². The summed E-state index contributed by atoms with van der Waals surface area (Å²) >= 11 is 0. The smallest absolute Gasteiger partial charge is 0.257 e. The molecule has 0 radical (unpaired) electrons. The molecule has 0 saturated heterocycles. The van der Waals surface area contributed by atoms with E-state index in [1.165, 1.54) is 0 Å². The number of aromatic nitrogens is 3. The number of carbonyl (C=O) groups excluding carboxylic acids is 1. The summed E-state index contributed by atoms with van der Waals surface area (Å²) in [6.45, 7) is 8.98. The summed E-state index contributed by atoms with van der Waals surface area (Å²) in [7, 11) is 1.81. The summed E-state index contributed by atoms with van der Waals surface area (Å²) < 4.78 is 18.9. The van der Waals surface area contributed by atoms with Gasteiger partial charge in [0.2, 0.25) is 5.75 Å². The molecule has 2 aromatic heterocycles. The first-order chi connectivity index (χ1) is 15.9. The highest BCUT2D eigenvalue weighted by molar-refractivity contribution is 6.09. The van der Waals surface area contributed by atoms with E-state index in [4.69, 9.17) is 19.2 Å². The van der Waals surface area contributed by atoms with Crippen molar-refractivity contribution in [3.63, 3.8) is 0 Å². The van der Waals surface area contributed by atoms with Crippen LogP contribution < -0.4 is 19.5 Å². The van der Waals surface area contributed by atoms with Crippen LogP contribution in [0.4, 0.5) is 5.82 Å². The molecule has 172 valence electrons. The highest BCUT2D eigenvalue weighted by Gasteiger charge is 2.20.